The summed E-state index contributed by atoms with van der Waals surface area (Å²) < 4.78 is 4.61. The molecule has 1 heterocycles. The quantitative estimate of drug-likeness (QED) is 0.0344. The van der Waals surface area contributed by atoms with E-state index in [9.17, 15) is 111 Å². The third-order valence-corrected chi connectivity index (χ3v) is 9.97. The molecule has 0 aromatic heterocycles. The molecular weight excluding hydrogens is 842 g/mol. The van der Waals surface area contributed by atoms with Gasteiger partial charge in [-0.2, -0.15) is 0 Å². The normalized spacial score (nSPS) is 15.9. The molecule has 4 unspecified atom stereocenters. The molecule has 26 heteroatoms. The molecule has 0 aliphatic carbocycles. The number of nitrogens with one attached hydrogen (secondary N) is 2. The minimum absolute atomic E-state index is 0.0178. The number of benzene rings is 3. The molecule has 4 atom stereocenters. The van der Waals surface area contributed by atoms with Crippen molar-refractivity contribution in [2.75, 3.05) is 13.1 Å². The molecule has 1 aliphatic heterocycles. The molecule has 0 spiro atoms. The van der Waals surface area contributed by atoms with Gasteiger partial charge in [0, 0.05) is 19.5 Å². The number of phenolic OH excluding ortho intramolecular Hbond substituents is 8. The Hall–Kier alpha value is -6.17. The molecule has 1 fully saturated rings. The molecular formula is C36H45N3O23. The predicted molar refractivity (Wildman–Crippen MR) is 197 cm³/mol. The smallest absolute Gasteiger partial charge is 0.386 e. The first-order valence-corrected chi connectivity index (χ1v) is 18.0. The Morgan fingerprint density at radius 2 is 1.21 bits per heavy atom. The van der Waals surface area contributed by atoms with Crippen molar-refractivity contribution in [1.82, 2.24) is 15.5 Å². The van der Waals surface area contributed by atoms with E-state index in [2.05, 4.69) is 15.4 Å². The van der Waals surface area contributed by atoms with E-state index in [4.69, 9.17) is 0 Å². The summed E-state index contributed by atoms with van der Waals surface area (Å²) in [6.45, 7) is 1.46. The van der Waals surface area contributed by atoms with Gasteiger partial charge in [-0.15, -0.1) is 0 Å². The van der Waals surface area contributed by atoms with Crippen molar-refractivity contribution in [2.24, 2.45) is 5.92 Å². The maximum atomic E-state index is 13.7. The van der Waals surface area contributed by atoms with Crippen molar-refractivity contribution in [3.63, 3.8) is 0 Å². The summed E-state index contributed by atoms with van der Waals surface area (Å²) in [6, 6.07) is 2.72. The second kappa shape index (κ2) is 17.7. The van der Waals surface area contributed by atoms with Gasteiger partial charge in [-0.05, 0) is 37.7 Å². The van der Waals surface area contributed by atoms with E-state index in [0.29, 0.717) is 6.42 Å². The lowest BCUT2D eigenvalue weighted by atomic mass is 9.83. The van der Waals surface area contributed by atoms with E-state index >= 15 is 0 Å². The van der Waals surface area contributed by atoms with E-state index in [-0.39, 0.29) is 18.7 Å². The molecule has 3 aromatic carbocycles. The number of aliphatic hydroxyl groups is 11. The highest BCUT2D eigenvalue weighted by atomic mass is 16.8. The van der Waals surface area contributed by atoms with Crippen molar-refractivity contribution in [1.29, 1.82) is 0 Å². The highest BCUT2D eigenvalue weighted by molar-refractivity contribution is 5.87. The molecule has 62 heavy (non-hydrogen) atoms. The zero-order valence-corrected chi connectivity index (χ0v) is 32.0. The van der Waals surface area contributed by atoms with Crippen LogP contribution in [0.3, 0.4) is 0 Å². The van der Waals surface area contributed by atoms with Gasteiger partial charge in [0.15, 0.2) is 28.7 Å². The maximum Gasteiger partial charge on any atom is 0.386 e. The average molecular weight is 888 g/mol. The summed E-state index contributed by atoms with van der Waals surface area (Å²) >= 11 is 0. The summed E-state index contributed by atoms with van der Waals surface area (Å²) in [4.78, 5) is 40.8. The van der Waals surface area contributed by atoms with Crippen LogP contribution in [0.15, 0.2) is 30.3 Å². The molecule has 1 aliphatic rings. The molecule has 3 amide bonds. The van der Waals surface area contributed by atoms with Gasteiger partial charge in [0.2, 0.25) is 40.5 Å². The standard InChI is InChI=1S/C36H45N3O23/c1-13(39-9-5-8-37-32(39)51)31(50)38-17(33(52,53)19-22(42)27(47)29(49)28(48)23(19)43)12-16(40)15(10-14-6-3-2-4-7-14)11-18(41)36(60,61)62-30-20(34(54,55)56)24(44)26(46)25(45)21(30)35(57,58)59/h2-4,6-7,13,15-17,40,42-49,52-61H,5,8-12H2,1H3,(H,37,51)(H,38,50). The van der Waals surface area contributed by atoms with E-state index in [1.54, 1.807) is 0 Å². The fourth-order valence-corrected chi connectivity index (χ4v) is 6.66. The average Bonchev–Trinajstić information content (AvgIpc) is 3.16. The monoisotopic (exact) mass is 887 g/mol. The number of phenols is 8. The van der Waals surface area contributed by atoms with E-state index in [1.807, 2.05) is 0 Å². The van der Waals surface area contributed by atoms with Gasteiger partial charge in [-0.3, -0.25) is 9.59 Å². The number of carbonyl (C=O) groups excluding carboxylic acids is 3. The number of ketones is 1. The highest BCUT2D eigenvalue weighted by Gasteiger charge is 2.50. The molecule has 342 valence electrons. The van der Waals surface area contributed by atoms with Gasteiger partial charge < -0.3 is 117 Å². The van der Waals surface area contributed by atoms with Crippen LogP contribution in [0.4, 0.5) is 4.79 Å². The van der Waals surface area contributed by atoms with Crippen molar-refractivity contribution < 1.29 is 116 Å². The summed E-state index contributed by atoms with van der Waals surface area (Å²) in [5.74, 6) is -38.1. The minimum atomic E-state index is -4.46. The van der Waals surface area contributed by atoms with Crippen LogP contribution in [0.25, 0.3) is 0 Å². The molecule has 1 saturated heterocycles. The first-order valence-electron chi connectivity index (χ1n) is 18.0. The van der Waals surface area contributed by atoms with Crippen LogP contribution in [0, 0.1) is 5.92 Å². The Labute approximate surface area is 347 Å². The molecule has 0 saturated carbocycles. The Balaban J connectivity index is 1.81. The van der Waals surface area contributed by atoms with Crippen molar-refractivity contribution in [2.45, 2.75) is 74.5 Å². The Kier molecular flexibility index (Phi) is 13.8. The van der Waals surface area contributed by atoms with Crippen LogP contribution < -0.4 is 15.4 Å². The summed E-state index contributed by atoms with van der Waals surface area (Å²) in [7, 11) is 0. The first-order chi connectivity index (χ1) is 28.4. The number of carbonyl (C=O) groups is 3. The lowest BCUT2D eigenvalue weighted by Crippen LogP contribution is -2.59. The fourth-order valence-electron chi connectivity index (χ4n) is 6.66. The van der Waals surface area contributed by atoms with Gasteiger partial charge in [-0.1, -0.05) is 30.3 Å². The maximum absolute atomic E-state index is 13.7. The summed E-state index contributed by atoms with van der Waals surface area (Å²) in [6.07, 6.45) is -4.93. The van der Waals surface area contributed by atoms with Crippen molar-refractivity contribution in [3.05, 3.63) is 52.6 Å². The zero-order valence-electron chi connectivity index (χ0n) is 32.0. The van der Waals surface area contributed by atoms with Gasteiger partial charge in [-0.25, -0.2) is 4.79 Å². The topological polar surface area (TPSA) is 472 Å². The van der Waals surface area contributed by atoms with Crippen LogP contribution in [0.5, 0.6) is 51.7 Å². The molecule has 0 radical (unpaired) electrons. The van der Waals surface area contributed by atoms with Gasteiger partial charge >= 0.3 is 24.0 Å². The molecule has 26 nitrogen and oxygen atoms in total. The van der Waals surface area contributed by atoms with Crippen LogP contribution in [0.1, 0.15) is 48.4 Å². The number of urea groups is 1. The van der Waals surface area contributed by atoms with Gasteiger partial charge in [0.1, 0.15) is 22.7 Å². The van der Waals surface area contributed by atoms with E-state index < -0.39 is 153 Å². The Bertz CT molecular complexity index is 2100. The molecule has 21 N–H and O–H groups in total. The second-order valence-corrected chi connectivity index (χ2v) is 14.3. The molecule has 3 aromatic rings. The van der Waals surface area contributed by atoms with E-state index in [0.717, 1.165) is 4.90 Å². The predicted octanol–water partition coefficient (Wildman–Crippen LogP) is -4.78. The molecule has 4 rings (SSSR count). The van der Waals surface area contributed by atoms with Gasteiger partial charge in [0.25, 0.3) is 0 Å². The third-order valence-electron chi connectivity index (χ3n) is 9.97. The third kappa shape index (κ3) is 9.80. The zero-order chi connectivity index (χ0) is 47.0. The number of aromatic hydroxyl groups is 8. The number of rotatable bonds is 17. The van der Waals surface area contributed by atoms with Crippen LogP contribution >= 0.6 is 0 Å². The Morgan fingerprint density at radius 3 is 1.69 bits per heavy atom. The largest absolute Gasteiger partial charge is 0.504 e. The number of hydrogen-bond acceptors (Lipinski definition) is 23. The van der Waals surface area contributed by atoms with Crippen LogP contribution in [-0.2, 0) is 33.7 Å². The number of nitrogens with zero attached hydrogens (tertiary/aromatic N) is 1. The lowest BCUT2D eigenvalue weighted by Gasteiger charge is -2.38. The summed E-state index contributed by atoms with van der Waals surface area (Å²) in [5.41, 5.74) is -5.36. The lowest BCUT2D eigenvalue weighted by molar-refractivity contribution is -0.333. The van der Waals surface area contributed by atoms with Gasteiger partial charge in [0.05, 0.1) is 12.1 Å². The number of Topliss-reactive ketones (excluding diaryl/α,β-unsaturated/α-hetero) is 1. The minimum Gasteiger partial charge on any atom is -0.504 e. The second-order valence-electron chi connectivity index (χ2n) is 14.3. The molecule has 0 bridgehead atoms. The fraction of sp³-hybridized carbons (Fsp3) is 0.417. The number of ether oxygens (including phenoxy) is 1. The SMILES string of the molecule is CC(C(=O)NC(CC(O)C(CC(=O)C(O)(O)Oc1c(C(O)(O)O)c(O)c(O)c(O)c1C(O)(O)O)Cc1ccccc1)C(O)(O)c1c(O)c(O)c(O)c(O)c1O)N1CCCNC1=O. The number of amides is 3. The highest BCUT2D eigenvalue weighted by Crippen LogP contribution is 2.55. The van der Waals surface area contributed by atoms with E-state index in [1.165, 1.54) is 37.3 Å². The number of hydrogen-bond donors (Lipinski definition) is 21. The summed E-state index contributed by atoms with van der Waals surface area (Å²) in [5, 5.41) is 202. The van der Waals surface area contributed by atoms with Crippen molar-refractivity contribution >= 4 is 17.7 Å². The van der Waals surface area contributed by atoms with Crippen LogP contribution in [-0.4, -0.2) is 157 Å². The first kappa shape index (κ1) is 48.5. The van der Waals surface area contributed by atoms with Crippen molar-refractivity contribution in [3.8, 4) is 51.7 Å². The van der Waals surface area contributed by atoms with Crippen LogP contribution in [0.2, 0.25) is 0 Å². The Morgan fingerprint density at radius 1 is 0.742 bits per heavy atom. The number of aliphatic hydroxyl groups excluding tert-OH is 1.